The lowest BCUT2D eigenvalue weighted by Gasteiger charge is -2.12. The van der Waals surface area contributed by atoms with Gasteiger partial charge in [0.25, 0.3) is 0 Å². The minimum absolute atomic E-state index is 0.164. The van der Waals surface area contributed by atoms with Crippen molar-refractivity contribution in [2.75, 3.05) is 17.7 Å². The molecule has 146 valence electrons. The number of amides is 1. The third-order valence-corrected chi connectivity index (χ3v) is 6.04. The SMILES string of the molecule is CCOC(=O)CSc1nnc(NC(=O)Cc2c(C)nc3ccccc3c2C)s1. The van der Waals surface area contributed by atoms with Gasteiger partial charge in [-0.25, -0.2) is 0 Å². The van der Waals surface area contributed by atoms with E-state index in [4.69, 9.17) is 4.74 Å². The van der Waals surface area contributed by atoms with E-state index in [0.29, 0.717) is 16.1 Å². The number of hydrogen-bond donors (Lipinski definition) is 1. The highest BCUT2D eigenvalue weighted by Gasteiger charge is 2.15. The second-order valence-electron chi connectivity index (χ2n) is 6.01. The summed E-state index contributed by atoms with van der Waals surface area (Å²) in [5.74, 6) is -0.318. The summed E-state index contributed by atoms with van der Waals surface area (Å²) >= 11 is 2.46. The molecule has 1 aromatic carbocycles. The molecule has 3 rings (SSSR count). The first-order valence-corrected chi connectivity index (χ1v) is 10.5. The fraction of sp³-hybridized carbons (Fsp3) is 0.316. The number of thioether (sulfide) groups is 1. The number of benzene rings is 1. The number of carbonyl (C=O) groups is 2. The van der Waals surface area contributed by atoms with Crippen LogP contribution >= 0.6 is 23.1 Å². The molecule has 0 aliphatic rings. The van der Waals surface area contributed by atoms with E-state index < -0.39 is 0 Å². The Morgan fingerprint density at radius 2 is 2.00 bits per heavy atom. The minimum Gasteiger partial charge on any atom is -0.465 e. The van der Waals surface area contributed by atoms with Crippen LogP contribution in [0.3, 0.4) is 0 Å². The van der Waals surface area contributed by atoms with Crippen molar-refractivity contribution in [2.45, 2.75) is 31.5 Å². The Morgan fingerprint density at radius 3 is 2.79 bits per heavy atom. The van der Waals surface area contributed by atoms with Gasteiger partial charge in [0.05, 0.1) is 24.3 Å². The van der Waals surface area contributed by atoms with Gasteiger partial charge in [0, 0.05) is 11.1 Å². The fourth-order valence-electron chi connectivity index (χ4n) is 2.80. The summed E-state index contributed by atoms with van der Waals surface area (Å²) in [4.78, 5) is 28.5. The highest BCUT2D eigenvalue weighted by atomic mass is 32.2. The number of pyridine rings is 1. The van der Waals surface area contributed by atoms with E-state index >= 15 is 0 Å². The van der Waals surface area contributed by atoms with Crippen molar-refractivity contribution in [1.82, 2.24) is 15.2 Å². The third kappa shape index (κ3) is 4.85. The predicted molar refractivity (Wildman–Crippen MR) is 111 cm³/mol. The molecule has 0 aliphatic carbocycles. The number of nitrogens with one attached hydrogen (secondary N) is 1. The average Bonchev–Trinajstić information content (AvgIpc) is 3.11. The van der Waals surface area contributed by atoms with Gasteiger partial charge in [-0.3, -0.25) is 14.6 Å². The molecule has 3 aromatic rings. The van der Waals surface area contributed by atoms with Gasteiger partial charge in [0.1, 0.15) is 0 Å². The summed E-state index contributed by atoms with van der Waals surface area (Å²) in [6.07, 6.45) is 0.209. The van der Waals surface area contributed by atoms with Crippen molar-refractivity contribution in [3.05, 3.63) is 41.1 Å². The number of fused-ring (bicyclic) bond motifs is 1. The Bertz CT molecular complexity index is 1020. The van der Waals surface area contributed by atoms with Gasteiger partial charge in [-0.15, -0.1) is 10.2 Å². The number of nitrogens with zero attached hydrogens (tertiary/aromatic N) is 3. The Morgan fingerprint density at radius 1 is 1.21 bits per heavy atom. The van der Waals surface area contributed by atoms with E-state index in [1.165, 1.54) is 23.1 Å². The van der Waals surface area contributed by atoms with Crippen LogP contribution in [-0.2, 0) is 20.7 Å². The summed E-state index contributed by atoms with van der Waals surface area (Å²) in [6.45, 7) is 6.03. The molecule has 9 heteroatoms. The van der Waals surface area contributed by atoms with Crippen LogP contribution in [0, 0.1) is 13.8 Å². The smallest absolute Gasteiger partial charge is 0.316 e. The molecule has 0 bridgehead atoms. The highest BCUT2D eigenvalue weighted by Crippen LogP contribution is 2.26. The van der Waals surface area contributed by atoms with Crippen LogP contribution in [0.4, 0.5) is 5.13 Å². The second-order valence-corrected chi connectivity index (χ2v) is 8.21. The minimum atomic E-state index is -0.303. The van der Waals surface area contributed by atoms with Gasteiger partial charge in [0.15, 0.2) is 4.34 Å². The standard InChI is InChI=1S/C19H20N4O3S2/c1-4-26-17(25)10-27-19-23-22-18(28-19)21-16(24)9-14-11(2)13-7-5-6-8-15(13)20-12(14)3/h5-8H,4,9-10H2,1-3H3,(H,21,22,24). The van der Waals surface area contributed by atoms with Gasteiger partial charge in [-0.1, -0.05) is 41.3 Å². The number of anilines is 1. The molecular formula is C19H20N4O3S2. The van der Waals surface area contributed by atoms with E-state index in [2.05, 4.69) is 20.5 Å². The number of aryl methyl sites for hydroxylation is 2. The molecule has 0 atom stereocenters. The molecule has 1 amide bonds. The van der Waals surface area contributed by atoms with Crippen LogP contribution in [0.2, 0.25) is 0 Å². The Labute approximate surface area is 170 Å². The number of para-hydroxylation sites is 1. The Kier molecular flexibility index (Phi) is 6.58. The van der Waals surface area contributed by atoms with E-state index in [9.17, 15) is 9.59 Å². The summed E-state index contributed by atoms with van der Waals surface area (Å²) in [5, 5.41) is 12.2. The third-order valence-electron chi connectivity index (χ3n) is 4.09. The summed E-state index contributed by atoms with van der Waals surface area (Å²) in [7, 11) is 0. The zero-order valence-electron chi connectivity index (χ0n) is 15.8. The number of rotatable bonds is 7. The van der Waals surface area contributed by atoms with Crippen LogP contribution in [0.5, 0.6) is 0 Å². The number of hydrogen-bond acceptors (Lipinski definition) is 8. The lowest BCUT2D eigenvalue weighted by molar-refractivity contribution is -0.139. The van der Waals surface area contributed by atoms with E-state index in [1.54, 1.807) is 6.92 Å². The molecule has 2 aromatic heterocycles. The molecule has 0 aliphatic heterocycles. The maximum absolute atomic E-state index is 12.5. The molecule has 0 saturated carbocycles. The first kappa shape index (κ1) is 20.2. The normalized spacial score (nSPS) is 10.8. The van der Waals surface area contributed by atoms with Crippen LogP contribution < -0.4 is 5.32 Å². The predicted octanol–water partition coefficient (Wildman–Crippen LogP) is 3.54. The fourth-order valence-corrected chi connectivity index (χ4v) is 4.36. The Hall–Kier alpha value is -2.52. The zero-order valence-corrected chi connectivity index (χ0v) is 17.4. The molecule has 0 saturated heterocycles. The molecule has 0 radical (unpaired) electrons. The van der Waals surface area contributed by atoms with E-state index in [0.717, 1.165) is 27.7 Å². The molecule has 0 spiro atoms. The maximum Gasteiger partial charge on any atom is 0.316 e. The van der Waals surface area contributed by atoms with E-state index in [1.807, 2.05) is 38.1 Å². The topological polar surface area (TPSA) is 94.1 Å². The first-order valence-electron chi connectivity index (χ1n) is 8.74. The molecule has 1 N–H and O–H groups in total. The van der Waals surface area contributed by atoms with Crippen LogP contribution in [0.25, 0.3) is 10.9 Å². The van der Waals surface area contributed by atoms with Crippen molar-refractivity contribution >= 4 is 51.0 Å². The van der Waals surface area contributed by atoms with E-state index in [-0.39, 0.29) is 24.1 Å². The quantitative estimate of drug-likeness (QED) is 0.358. The molecule has 0 fully saturated rings. The van der Waals surface area contributed by atoms with Gasteiger partial charge in [-0.05, 0) is 38.0 Å². The largest absolute Gasteiger partial charge is 0.465 e. The zero-order chi connectivity index (χ0) is 20.1. The number of esters is 1. The monoisotopic (exact) mass is 416 g/mol. The van der Waals surface area contributed by atoms with Gasteiger partial charge < -0.3 is 10.1 Å². The number of carbonyl (C=O) groups excluding carboxylic acids is 2. The molecule has 2 heterocycles. The summed E-state index contributed by atoms with van der Waals surface area (Å²) < 4.78 is 5.48. The van der Waals surface area contributed by atoms with Crippen molar-refractivity contribution in [1.29, 1.82) is 0 Å². The summed E-state index contributed by atoms with van der Waals surface area (Å²) in [6, 6.07) is 7.90. The van der Waals surface area contributed by atoms with Crippen molar-refractivity contribution in [2.24, 2.45) is 0 Å². The van der Waals surface area contributed by atoms with Crippen molar-refractivity contribution < 1.29 is 14.3 Å². The van der Waals surface area contributed by atoms with Gasteiger partial charge in [0.2, 0.25) is 11.0 Å². The number of ether oxygens (including phenoxy) is 1. The van der Waals surface area contributed by atoms with Crippen LogP contribution in [0.1, 0.15) is 23.7 Å². The maximum atomic E-state index is 12.5. The number of aromatic nitrogens is 3. The summed E-state index contributed by atoms with van der Waals surface area (Å²) in [5.41, 5.74) is 3.74. The van der Waals surface area contributed by atoms with Crippen molar-refractivity contribution in [3.63, 3.8) is 0 Å². The molecule has 28 heavy (non-hydrogen) atoms. The Balaban J connectivity index is 1.65. The molecular weight excluding hydrogens is 396 g/mol. The van der Waals surface area contributed by atoms with Crippen LogP contribution in [-0.4, -0.2) is 39.4 Å². The van der Waals surface area contributed by atoms with Gasteiger partial charge in [-0.2, -0.15) is 0 Å². The van der Waals surface area contributed by atoms with Crippen molar-refractivity contribution in [3.8, 4) is 0 Å². The average molecular weight is 417 g/mol. The lowest BCUT2D eigenvalue weighted by atomic mass is 9.99. The highest BCUT2D eigenvalue weighted by molar-refractivity contribution is 8.01. The van der Waals surface area contributed by atoms with Crippen LogP contribution in [0.15, 0.2) is 28.6 Å². The molecule has 7 nitrogen and oxygen atoms in total. The molecule has 0 unspecified atom stereocenters. The first-order chi connectivity index (χ1) is 13.5. The second kappa shape index (κ2) is 9.11. The van der Waals surface area contributed by atoms with Gasteiger partial charge >= 0.3 is 5.97 Å². The lowest BCUT2D eigenvalue weighted by Crippen LogP contribution is -2.16.